The van der Waals surface area contributed by atoms with E-state index in [9.17, 15) is 19.2 Å². The highest BCUT2D eigenvalue weighted by molar-refractivity contribution is 7.99. The average molecular weight is 629 g/mol. The van der Waals surface area contributed by atoms with Gasteiger partial charge in [-0.3, -0.25) is 19.2 Å². The quantitative estimate of drug-likeness (QED) is 0.0730. The maximum absolute atomic E-state index is 13.2. The third kappa shape index (κ3) is 12.1. The van der Waals surface area contributed by atoms with Gasteiger partial charge >= 0.3 is 5.97 Å². The highest BCUT2D eigenvalue weighted by Crippen LogP contribution is 2.30. The number of amides is 1. The molecule has 2 atom stereocenters. The molecule has 41 heavy (non-hydrogen) atoms. The number of hydrogen-bond donors (Lipinski definition) is 3. The van der Waals surface area contributed by atoms with Crippen molar-refractivity contribution in [2.75, 3.05) is 13.7 Å². The Labute approximate surface area is 263 Å². The molecule has 1 aromatic rings. The fourth-order valence-corrected chi connectivity index (χ4v) is 4.58. The van der Waals surface area contributed by atoms with E-state index in [1.54, 1.807) is 25.2 Å². The van der Waals surface area contributed by atoms with Crippen LogP contribution in [0.4, 0.5) is 0 Å². The molecule has 0 aromatic heterocycles. The lowest BCUT2D eigenvalue weighted by molar-refractivity contribution is -0.145. The van der Waals surface area contributed by atoms with Crippen LogP contribution in [0.15, 0.2) is 29.5 Å². The first-order valence-corrected chi connectivity index (χ1v) is 14.7. The van der Waals surface area contributed by atoms with E-state index < -0.39 is 22.8 Å². The standard InChI is InChI=1S/C31H48N2O5S2.ClH/c1-19(10-13-26(39)40)22(20(2)33(9)18-34)14-15-38-29(37)25(32)17-21-11-12-23(27(35)30(3,4)5)24(16-21)28(36)31(6,7)8;/h11-12,16,18-19,25-26,39-40H,10,13-15,17,32H2,1-9H3;1H. The number of Topliss-reactive ketones (excluding diaryl/α,β-unsaturated/α-hetero) is 2. The lowest BCUT2D eigenvalue weighted by Crippen LogP contribution is -2.35. The van der Waals surface area contributed by atoms with Gasteiger partial charge in [0.25, 0.3) is 0 Å². The second kappa shape index (κ2) is 16.7. The molecule has 0 saturated heterocycles. The number of esters is 1. The van der Waals surface area contributed by atoms with E-state index in [-0.39, 0.29) is 47.5 Å². The zero-order valence-corrected chi connectivity index (χ0v) is 28.6. The number of benzene rings is 1. The van der Waals surface area contributed by atoms with Gasteiger partial charge in [0.1, 0.15) is 6.04 Å². The Morgan fingerprint density at radius 3 is 2.02 bits per heavy atom. The van der Waals surface area contributed by atoms with Gasteiger partial charge in [-0.2, -0.15) is 25.3 Å². The molecule has 0 aliphatic rings. The van der Waals surface area contributed by atoms with E-state index >= 15 is 0 Å². The molecule has 1 rings (SSSR count). The molecule has 10 heteroatoms. The van der Waals surface area contributed by atoms with E-state index in [4.69, 9.17) is 10.5 Å². The minimum Gasteiger partial charge on any atom is -0.464 e. The Morgan fingerprint density at radius 1 is 1.00 bits per heavy atom. The number of carbonyl (C=O) groups excluding carboxylic acids is 4. The number of thiol groups is 2. The first-order valence-electron chi connectivity index (χ1n) is 13.7. The van der Waals surface area contributed by atoms with Crippen LogP contribution < -0.4 is 5.73 Å². The molecule has 1 amide bonds. The minimum absolute atomic E-state index is 0. The van der Waals surface area contributed by atoms with Crippen molar-refractivity contribution in [3.05, 3.63) is 46.2 Å². The number of carbonyl (C=O) groups is 4. The van der Waals surface area contributed by atoms with Gasteiger partial charge in [-0.05, 0) is 49.3 Å². The second-order valence-corrected chi connectivity index (χ2v) is 14.2. The van der Waals surface area contributed by atoms with Crippen molar-refractivity contribution in [3.63, 3.8) is 0 Å². The first kappa shape index (κ1) is 39.2. The predicted octanol–water partition coefficient (Wildman–Crippen LogP) is 6.33. The van der Waals surface area contributed by atoms with Gasteiger partial charge in [-0.1, -0.05) is 60.6 Å². The fourth-order valence-electron chi connectivity index (χ4n) is 4.28. The summed E-state index contributed by atoms with van der Waals surface area (Å²) in [5.74, 6) is -0.685. The summed E-state index contributed by atoms with van der Waals surface area (Å²) in [6.45, 7) is 14.9. The van der Waals surface area contributed by atoms with Crippen LogP contribution in [0.1, 0.15) is 101 Å². The molecule has 0 radical (unpaired) electrons. The summed E-state index contributed by atoms with van der Waals surface area (Å²) in [5, 5.41) is 0. The largest absolute Gasteiger partial charge is 0.464 e. The Kier molecular flexibility index (Phi) is 16.0. The molecule has 232 valence electrons. The average Bonchev–Trinajstić information content (AvgIpc) is 2.86. The number of nitrogens with two attached hydrogens (primary N) is 1. The van der Waals surface area contributed by atoms with Crippen molar-refractivity contribution in [3.8, 4) is 0 Å². The van der Waals surface area contributed by atoms with Gasteiger partial charge in [0, 0.05) is 45.7 Å². The molecule has 0 aliphatic heterocycles. The molecule has 2 N–H and O–H groups in total. The lowest BCUT2D eigenvalue weighted by Gasteiger charge is -2.24. The second-order valence-electron chi connectivity index (χ2n) is 12.6. The molecule has 7 nitrogen and oxygen atoms in total. The SMILES string of the molecule is CC(=C(CCOC(=O)C(N)Cc1ccc(C(=O)C(C)(C)C)c(C(=O)C(C)(C)C)c1)C(C)CCC(S)S)N(C)C=O.Cl. The summed E-state index contributed by atoms with van der Waals surface area (Å²) in [6.07, 6.45) is 2.99. The van der Waals surface area contributed by atoms with Crippen LogP contribution >= 0.6 is 37.7 Å². The lowest BCUT2D eigenvalue weighted by atomic mass is 9.79. The van der Waals surface area contributed by atoms with Gasteiger partial charge in [-0.25, -0.2) is 0 Å². The number of nitrogens with zero attached hydrogens (tertiary/aromatic N) is 1. The molecule has 0 aliphatic carbocycles. The Morgan fingerprint density at radius 2 is 1.54 bits per heavy atom. The fraction of sp³-hybridized carbons (Fsp3) is 0.613. The minimum atomic E-state index is -0.945. The maximum Gasteiger partial charge on any atom is 0.323 e. The molecule has 0 spiro atoms. The van der Waals surface area contributed by atoms with Crippen molar-refractivity contribution < 1.29 is 23.9 Å². The molecule has 0 fully saturated rings. The van der Waals surface area contributed by atoms with Crippen LogP contribution in [0.3, 0.4) is 0 Å². The molecule has 2 unspecified atom stereocenters. The monoisotopic (exact) mass is 628 g/mol. The van der Waals surface area contributed by atoms with E-state index in [0.717, 1.165) is 30.5 Å². The Hall–Kier alpha value is -1.81. The smallest absolute Gasteiger partial charge is 0.323 e. The van der Waals surface area contributed by atoms with Gasteiger partial charge in [0.05, 0.1) is 6.61 Å². The Bertz CT molecular complexity index is 1110. The van der Waals surface area contributed by atoms with Crippen LogP contribution in [-0.4, -0.2) is 53.1 Å². The molecule has 1 aromatic carbocycles. The topological polar surface area (TPSA) is 107 Å². The number of allylic oxidation sites excluding steroid dienone is 1. The van der Waals surface area contributed by atoms with Gasteiger partial charge < -0.3 is 15.4 Å². The first-order chi connectivity index (χ1) is 18.3. The van der Waals surface area contributed by atoms with Crippen LogP contribution in [0.5, 0.6) is 0 Å². The van der Waals surface area contributed by atoms with Crippen molar-refractivity contribution in [2.24, 2.45) is 22.5 Å². The third-order valence-corrected chi connectivity index (χ3v) is 7.43. The molecule has 0 heterocycles. The molecular formula is C31H49ClN2O5S2. The zero-order valence-electron chi connectivity index (χ0n) is 25.9. The van der Waals surface area contributed by atoms with Crippen molar-refractivity contribution in [1.82, 2.24) is 4.90 Å². The van der Waals surface area contributed by atoms with Crippen molar-refractivity contribution in [1.29, 1.82) is 0 Å². The summed E-state index contributed by atoms with van der Waals surface area (Å²) >= 11 is 8.67. The highest BCUT2D eigenvalue weighted by atomic mass is 35.5. The normalized spacial score (nSPS) is 14.0. The third-order valence-electron chi connectivity index (χ3n) is 6.91. The van der Waals surface area contributed by atoms with Gasteiger partial charge in [-0.15, -0.1) is 12.4 Å². The maximum atomic E-state index is 13.2. The number of halogens is 1. The summed E-state index contributed by atoms with van der Waals surface area (Å²) in [6, 6.07) is 4.13. The number of ketones is 2. The van der Waals surface area contributed by atoms with Crippen LogP contribution in [0.2, 0.25) is 0 Å². The molecule has 0 bridgehead atoms. The van der Waals surface area contributed by atoms with E-state index in [1.807, 2.05) is 48.5 Å². The predicted molar refractivity (Wildman–Crippen MR) is 175 cm³/mol. The van der Waals surface area contributed by atoms with E-state index in [0.29, 0.717) is 23.1 Å². The zero-order chi connectivity index (χ0) is 31.0. The van der Waals surface area contributed by atoms with E-state index in [2.05, 4.69) is 32.2 Å². The Balaban J connectivity index is 0.0000160. The number of rotatable bonds is 14. The van der Waals surface area contributed by atoms with Crippen LogP contribution in [0.25, 0.3) is 0 Å². The summed E-state index contributed by atoms with van der Waals surface area (Å²) in [7, 11) is 1.69. The summed E-state index contributed by atoms with van der Waals surface area (Å²) in [5.41, 5.74) is 8.09. The van der Waals surface area contributed by atoms with Crippen LogP contribution in [-0.2, 0) is 20.7 Å². The molecular weight excluding hydrogens is 580 g/mol. The van der Waals surface area contributed by atoms with Crippen molar-refractivity contribution in [2.45, 2.75) is 91.7 Å². The van der Waals surface area contributed by atoms with Gasteiger partial charge in [0.15, 0.2) is 11.6 Å². The summed E-state index contributed by atoms with van der Waals surface area (Å²) < 4.78 is 5.49. The van der Waals surface area contributed by atoms with Gasteiger partial charge in [0.2, 0.25) is 6.41 Å². The summed E-state index contributed by atoms with van der Waals surface area (Å²) in [4.78, 5) is 52.0. The number of ether oxygens (including phenoxy) is 1. The van der Waals surface area contributed by atoms with Crippen molar-refractivity contribution >= 4 is 61.6 Å². The molecule has 0 saturated carbocycles. The van der Waals surface area contributed by atoms with E-state index in [1.165, 1.54) is 4.90 Å². The number of hydrogen-bond acceptors (Lipinski definition) is 8. The highest BCUT2D eigenvalue weighted by Gasteiger charge is 2.31. The van der Waals surface area contributed by atoms with Crippen LogP contribution in [0, 0.1) is 16.7 Å².